The summed E-state index contributed by atoms with van der Waals surface area (Å²) in [6.45, 7) is 10.4. The first-order valence-corrected chi connectivity index (χ1v) is 12.0. The Morgan fingerprint density at radius 3 is 2.48 bits per heavy atom. The number of likely N-dealkylation sites (N-methyl/N-ethyl adjacent to an activating group) is 1. The Bertz CT molecular complexity index is 1140. The van der Waals surface area contributed by atoms with Crippen molar-refractivity contribution in [3.05, 3.63) is 70.0 Å². The molecule has 7 heteroatoms. The summed E-state index contributed by atoms with van der Waals surface area (Å²) in [6.07, 6.45) is 0.914. The Hall–Kier alpha value is -2.90. The van der Waals surface area contributed by atoms with Gasteiger partial charge in [0.1, 0.15) is 5.75 Å². The van der Waals surface area contributed by atoms with Gasteiger partial charge in [0.05, 0.1) is 13.7 Å². The van der Waals surface area contributed by atoms with Gasteiger partial charge >= 0.3 is 0 Å². The molecule has 0 aliphatic carbocycles. The van der Waals surface area contributed by atoms with E-state index < -0.39 is 0 Å². The van der Waals surface area contributed by atoms with E-state index in [-0.39, 0.29) is 5.56 Å². The fraction of sp³-hybridized carbons (Fsp3) is 0.385. The first-order chi connectivity index (χ1) is 16.0. The highest BCUT2D eigenvalue weighted by atomic mass is 32.1. The fourth-order valence-corrected chi connectivity index (χ4v) is 4.14. The molecule has 0 aliphatic heterocycles. The van der Waals surface area contributed by atoms with Crippen LogP contribution in [0.5, 0.6) is 5.75 Å². The summed E-state index contributed by atoms with van der Waals surface area (Å²) in [6, 6.07) is 15.8. The van der Waals surface area contributed by atoms with E-state index in [1.807, 2.05) is 42.5 Å². The minimum Gasteiger partial charge on any atom is -0.497 e. The second-order valence-corrected chi connectivity index (χ2v) is 8.35. The average Bonchev–Trinajstić information content (AvgIpc) is 2.84. The first-order valence-electron chi connectivity index (χ1n) is 11.5. The number of H-pyrrole nitrogens is 1. The molecule has 0 unspecified atom stereocenters. The van der Waals surface area contributed by atoms with Crippen LogP contribution in [0.25, 0.3) is 10.9 Å². The lowest BCUT2D eigenvalue weighted by Crippen LogP contribution is -2.41. The number of benzene rings is 2. The number of para-hydroxylation sites is 1. The predicted octanol–water partition coefficient (Wildman–Crippen LogP) is 4.64. The van der Waals surface area contributed by atoms with E-state index in [1.165, 1.54) is 5.56 Å². The molecule has 0 spiro atoms. The topological polar surface area (TPSA) is 60.6 Å². The van der Waals surface area contributed by atoms with Crippen LogP contribution in [-0.4, -0.2) is 53.2 Å². The number of methoxy groups -OCH3 is 1. The second-order valence-electron chi connectivity index (χ2n) is 7.97. The van der Waals surface area contributed by atoms with Crippen molar-refractivity contribution in [1.82, 2.24) is 14.8 Å². The molecule has 0 amide bonds. The number of nitrogens with zero attached hydrogens (tertiary/aromatic N) is 2. The van der Waals surface area contributed by atoms with Crippen LogP contribution in [0.4, 0.5) is 5.69 Å². The number of fused-ring (bicyclic) bond motifs is 1. The molecule has 0 saturated carbocycles. The molecule has 0 saturated heterocycles. The standard InChI is InChI=1S/C26H34N4O2S/c1-5-19-10-8-9-11-23(19)28-26(33)30(15-14-29(6-2)7-3)18-21-16-20-17-22(32-4)12-13-24(20)27-25(21)31/h8-13,16-17H,5-7,14-15,18H2,1-4H3,(H,27,31)(H,28,33). The molecule has 33 heavy (non-hydrogen) atoms. The third-order valence-corrected chi connectivity index (χ3v) is 6.36. The zero-order valence-electron chi connectivity index (χ0n) is 20.0. The summed E-state index contributed by atoms with van der Waals surface area (Å²) in [7, 11) is 1.64. The van der Waals surface area contributed by atoms with Gasteiger partial charge in [-0.15, -0.1) is 0 Å². The monoisotopic (exact) mass is 466 g/mol. The molecule has 2 aromatic carbocycles. The van der Waals surface area contributed by atoms with Crippen molar-refractivity contribution < 1.29 is 4.74 Å². The molecular weight excluding hydrogens is 432 g/mol. The lowest BCUT2D eigenvalue weighted by atomic mass is 10.1. The molecule has 6 nitrogen and oxygen atoms in total. The Kier molecular flexibility index (Phi) is 8.86. The maximum atomic E-state index is 12.9. The summed E-state index contributed by atoms with van der Waals surface area (Å²) >= 11 is 5.83. The molecular formula is C26H34N4O2S. The van der Waals surface area contributed by atoms with Crippen LogP contribution in [0.2, 0.25) is 0 Å². The maximum Gasteiger partial charge on any atom is 0.253 e. The molecule has 2 N–H and O–H groups in total. The number of ether oxygens (including phenoxy) is 1. The van der Waals surface area contributed by atoms with Gasteiger partial charge in [-0.05, 0) is 67.6 Å². The Morgan fingerprint density at radius 2 is 1.79 bits per heavy atom. The number of aromatic nitrogens is 1. The number of hydrogen-bond acceptors (Lipinski definition) is 4. The van der Waals surface area contributed by atoms with E-state index >= 15 is 0 Å². The fourth-order valence-electron chi connectivity index (χ4n) is 3.88. The Labute approximate surface area is 201 Å². The van der Waals surface area contributed by atoms with Crippen LogP contribution in [0.1, 0.15) is 31.9 Å². The summed E-state index contributed by atoms with van der Waals surface area (Å²) < 4.78 is 5.35. The van der Waals surface area contributed by atoms with E-state index in [0.29, 0.717) is 17.2 Å². The molecule has 0 bridgehead atoms. The number of aryl methyl sites for hydroxylation is 1. The van der Waals surface area contributed by atoms with Crippen LogP contribution in [0.3, 0.4) is 0 Å². The van der Waals surface area contributed by atoms with Crippen molar-refractivity contribution in [2.24, 2.45) is 0 Å². The number of hydrogen-bond donors (Lipinski definition) is 2. The van der Waals surface area contributed by atoms with Crippen molar-refractivity contribution in [1.29, 1.82) is 0 Å². The van der Waals surface area contributed by atoms with E-state index in [0.717, 1.165) is 54.9 Å². The minimum absolute atomic E-state index is 0.0998. The van der Waals surface area contributed by atoms with Gasteiger partial charge in [0.25, 0.3) is 5.56 Å². The molecule has 0 fully saturated rings. The van der Waals surface area contributed by atoms with Gasteiger partial charge in [-0.3, -0.25) is 4.79 Å². The lowest BCUT2D eigenvalue weighted by Gasteiger charge is -2.29. The molecule has 3 rings (SSSR count). The second kappa shape index (κ2) is 11.8. The van der Waals surface area contributed by atoms with Gasteiger partial charge < -0.3 is 24.8 Å². The summed E-state index contributed by atoms with van der Waals surface area (Å²) in [5, 5.41) is 4.97. The molecule has 1 aromatic heterocycles. The van der Waals surface area contributed by atoms with Crippen LogP contribution >= 0.6 is 12.2 Å². The molecule has 0 radical (unpaired) electrons. The molecule has 0 aliphatic rings. The zero-order valence-corrected chi connectivity index (χ0v) is 20.8. The number of aromatic amines is 1. The number of pyridine rings is 1. The Morgan fingerprint density at radius 1 is 1.03 bits per heavy atom. The van der Waals surface area contributed by atoms with Crippen LogP contribution in [-0.2, 0) is 13.0 Å². The molecule has 176 valence electrons. The van der Waals surface area contributed by atoms with Crippen molar-refractivity contribution in [2.75, 3.05) is 38.6 Å². The highest BCUT2D eigenvalue weighted by molar-refractivity contribution is 7.80. The third-order valence-electron chi connectivity index (χ3n) is 6.00. The molecule has 0 atom stereocenters. The summed E-state index contributed by atoms with van der Waals surface area (Å²) in [5.74, 6) is 0.757. The SMILES string of the molecule is CCc1ccccc1NC(=S)N(CCN(CC)CC)Cc1cc2cc(OC)ccc2[nH]c1=O. The van der Waals surface area contributed by atoms with Crippen molar-refractivity contribution in [2.45, 2.75) is 33.7 Å². The minimum atomic E-state index is -0.0998. The maximum absolute atomic E-state index is 12.9. The van der Waals surface area contributed by atoms with Crippen LogP contribution in [0.15, 0.2) is 53.3 Å². The summed E-state index contributed by atoms with van der Waals surface area (Å²) in [4.78, 5) is 20.3. The predicted molar refractivity (Wildman–Crippen MR) is 141 cm³/mol. The van der Waals surface area contributed by atoms with Gasteiger partial charge in [-0.1, -0.05) is 39.0 Å². The average molecular weight is 467 g/mol. The molecule has 1 heterocycles. The highest BCUT2D eigenvalue weighted by Gasteiger charge is 2.16. The number of rotatable bonds is 10. The zero-order chi connectivity index (χ0) is 23.8. The quantitative estimate of drug-likeness (QED) is 0.425. The van der Waals surface area contributed by atoms with Gasteiger partial charge in [0, 0.05) is 35.2 Å². The lowest BCUT2D eigenvalue weighted by molar-refractivity contribution is 0.266. The normalized spacial score (nSPS) is 11.1. The van der Waals surface area contributed by atoms with Crippen LogP contribution < -0.4 is 15.6 Å². The number of nitrogens with one attached hydrogen (secondary N) is 2. The van der Waals surface area contributed by atoms with Gasteiger partial charge in [-0.2, -0.15) is 0 Å². The van der Waals surface area contributed by atoms with Crippen molar-refractivity contribution in [3.8, 4) is 5.75 Å². The number of anilines is 1. The first kappa shape index (κ1) is 24.7. The highest BCUT2D eigenvalue weighted by Crippen LogP contribution is 2.20. The van der Waals surface area contributed by atoms with E-state index in [4.69, 9.17) is 17.0 Å². The van der Waals surface area contributed by atoms with Crippen molar-refractivity contribution in [3.63, 3.8) is 0 Å². The third kappa shape index (κ3) is 6.33. The van der Waals surface area contributed by atoms with Gasteiger partial charge in [0.15, 0.2) is 5.11 Å². The van der Waals surface area contributed by atoms with E-state index in [1.54, 1.807) is 7.11 Å². The van der Waals surface area contributed by atoms with Crippen molar-refractivity contribution >= 4 is 33.9 Å². The smallest absolute Gasteiger partial charge is 0.253 e. The van der Waals surface area contributed by atoms with Gasteiger partial charge in [-0.25, -0.2) is 0 Å². The van der Waals surface area contributed by atoms with E-state index in [2.05, 4.69) is 46.9 Å². The molecule has 3 aromatic rings. The van der Waals surface area contributed by atoms with Crippen LogP contribution in [0, 0.1) is 0 Å². The summed E-state index contributed by atoms with van der Waals surface area (Å²) in [5.41, 5.74) is 3.58. The van der Waals surface area contributed by atoms with E-state index in [9.17, 15) is 4.79 Å². The number of thiocarbonyl (C=S) groups is 1. The Balaban J connectivity index is 1.89. The van der Waals surface area contributed by atoms with Gasteiger partial charge in [0.2, 0.25) is 0 Å². The largest absolute Gasteiger partial charge is 0.497 e.